The van der Waals surface area contributed by atoms with E-state index >= 15 is 0 Å². The quantitative estimate of drug-likeness (QED) is 0.736. The smallest absolute Gasteiger partial charge is 0.281 e. The lowest BCUT2D eigenvalue weighted by Gasteiger charge is -2.29. The van der Waals surface area contributed by atoms with Crippen molar-refractivity contribution in [1.29, 1.82) is 0 Å². The van der Waals surface area contributed by atoms with Crippen LogP contribution in [0.5, 0.6) is 0 Å². The van der Waals surface area contributed by atoms with Crippen molar-refractivity contribution in [2.75, 3.05) is 4.90 Å². The maximum atomic E-state index is 12.7. The molecule has 4 nitrogen and oxygen atoms in total. The molecular weight excluding hydrogens is 252 g/mol. The summed E-state index contributed by atoms with van der Waals surface area (Å²) in [6, 6.07) is 7.60. The van der Waals surface area contributed by atoms with Crippen molar-refractivity contribution in [3.8, 4) is 0 Å². The third-order valence-electron chi connectivity index (χ3n) is 4.85. The highest BCUT2D eigenvalue weighted by Gasteiger charge is 2.51. The van der Waals surface area contributed by atoms with Gasteiger partial charge in [-0.2, -0.15) is 0 Å². The van der Waals surface area contributed by atoms with Crippen LogP contribution in [0, 0.1) is 0 Å². The van der Waals surface area contributed by atoms with E-state index in [-0.39, 0.29) is 24.0 Å². The molecule has 2 heterocycles. The molecule has 20 heavy (non-hydrogen) atoms. The summed E-state index contributed by atoms with van der Waals surface area (Å²) in [5.74, 6) is 0.0121. The third kappa shape index (κ3) is 1.54. The molecule has 2 aliphatic heterocycles. The predicted octanol–water partition coefficient (Wildman–Crippen LogP) is 2.71. The second kappa shape index (κ2) is 4.33. The fourth-order valence-electron chi connectivity index (χ4n) is 3.87. The molecule has 4 heteroatoms. The van der Waals surface area contributed by atoms with Gasteiger partial charge in [-0.05, 0) is 24.5 Å². The first-order valence-electron chi connectivity index (χ1n) is 7.51. The maximum absolute atomic E-state index is 12.7. The van der Waals surface area contributed by atoms with Gasteiger partial charge in [0.1, 0.15) is 6.04 Å². The molecule has 0 N–H and O–H groups in total. The number of imide groups is 1. The average Bonchev–Trinajstić information content (AvgIpc) is 2.97. The molecule has 1 saturated carbocycles. The number of urea groups is 1. The molecule has 1 aromatic rings. The molecule has 1 unspecified atom stereocenters. The summed E-state index contributed by atoms with van der Waals surface area (Å²) in [7, 11) is 0. The van der Waals surface area contributed by atoms with Gasteiger partial charge < -0.3 is 0 Å². The number of anilines is 1. The fraction of sp³-hybridized carbons (Fsp3) is 0.500. The maximum Gasteiger partial charge on any atom is 0.332 e. The van der Waals surface area contributed by atoms with Crippen molar-refractivity contribution in [3.63, 3.8) is 0 Å². The Morgan fingerprint density at radius 1 is 0.950 bits per heavy atom. The molecule has 0 radical (unpaired) electrons. The van der Waals surface area contributed by atoms with Crippen molar-refractivity contribution < 1.29 is 9.59 Å². The number of carbonyl (C=O) groups is 2. The van der Waals surface area contributed by atoms with Gasteiger partial charge in [-0.1, -0.05) is 37.5 Å². The zero-order chi connectivity index (χ0) is 13.7. The lowest BCUT2D eigenvalue weighted by molar-refractivity contribution is -0.129. The van der Waals surface area contributed by atoms with Crippen LogP contribution in [-0.2, 0) is 11.2 Å². The highest BCUT2D eigenvalue weighted by molar-refractivity contribution is 6.16. The highest BCUT2D eigenvalue weighted by atomic mass is 16.2. The molecule has 2 fully saturated rings. The van der Waals surface area contributed by atoms with Gasteiger partial charge in [0, 0.05) is 18.2 Å². The second-order valence-electron chi connectivity index (χ2n) is 6.00. The van der Waals surface area contributed by atoms with Crippen LogP contribution in [0.1, 0.15) is 37.7 Å². The Morgan fingerprint density at radius 2 is 1.70 bits per heavy atom. The molecule has 0 bridgehead atoms. The number of nitrogens with zero attached hydrogens (tertiary/aromatic N) is 2. The van der Waals surface area contributed by atoms with Crippen molar-refractivity contribution in [1.82, 2.24) is 4.90 Å². The SMILES string of the molecule is O=C1C2Cc3ccccc3N2C(=O)N1C1CCCCC1. The summed E-state index contributed by atoms with van der Waals surface area (Å²) >= 11 is 0. The molecule has 4 rings (SSSR count). The summed E-state index contributed by atoms with van der Waals surface area (Å²) in [6.07, 6.45) is 6.10. The molecule has 104 valence electrons. The molecule has 1 atom stereocenters. The fourth-order valence-corrected chi connectivity index (χ4v) is 3.87. The molecular formula is C16H18N2O2. The Kier molecular flexibility index (Phi) is 2.59. The van der Waals surface area contributed by atoms with Crippen LogP contribution in [0.2, 0.25) is 0 Å². The highest BCUT2D eigenvalue weighted by Crippen LogP contribution is 2.39. The lowest BCUT2D eigenvalue weighted by Crippen LogP contribution is -2.42. The number of fused-ring (bicyclic) bond motifs is 3. The van der Waals surface area contributed by atoms with Gasteiger partial charge in [0.15, 0.2) is 0 Å². The normalized spacial score (nSPS) is 26.1. The monoisotopic (exact) mass is 270 g/mol. The minimum Gasteiger partial charge on any atom is -0.281 e. The summed E-state index contributed by atoms with van der Waals surface area (Å²) in [5, 5.41) is 0. The summed E-state index contributed by atoms with van der Waals surface area (Å²) < 4.78 is 0. The van der Waals surface area contributed by atoms with Gasteiger partial charge in [-0.25, -0.2) is 4.79 Å². The van der Waals surface area contributed by atoms with Gasteiger partial charge in [-0.3, -0.25) is 14.6 Å². The van der Waals surface area contributed by atoms with E-state index in [0.29, 0.717) is 6.42 Å². The average molecular weight is 270 g/mol. The van der Waals surface area contributed by atoms with Crippen molar-refractivity contribution in [3.05, 3.63) is 29.8 Å². The van der Waals surface area contributed by atoms with Crippen LogP contribution in [0.15, 0.2) is 24.3 Å². The van der Waals surface area contributed by atoms with Crippen LogP contribution in [0.4, 0.5) is 10.5 Å². The van der Waals surface area contributed by atoms with Crippen molar-refractivity contribution >= 4 is 17.6 Å². The van der Waals surface area contributed by atoms with E-state index < -0.39 is 0 Å². The number of rotatable bonds is 1. The molecule has 0 aromatic heterocycles. The molecule has 3 aliphatic rings. The van der Waals surface area contributed by atoms with Crippen LogP contribution in [0.3, 0.4) is 0 Å². The topological polar surface area (TPSA) is 40.6 Å². The Morgan fingerprint density at radius 3 is 2.50 bits per heavy atom. The molecule has 0 spiro atoms. The van der Waals surface area contributed by atoms with Crippen LogP contribution >= 0.6 is 0 Å². The Hall–Kier alpha value is -1.84. The molecule has 1 aliphatic carbocycles. The lowest BCUT2D eigenvalue weighted by atomic mass is 9.94. The van der Waals surface area contributed by atoms with Crippen molar-refractivity contribution in [2.45, 2.75) is 50.6 Å². The first-order valence-corrected chi connectivity index (χ1v) is 7.51. The standard InChI is InChI=1S/C16H18N2O2/c19-15-14-10-11-6-4-5-9-13(11)18(14)16(20)17(15)12-7-2-1-3-8-12/h4-6,9,12,14H,1-3,7-8,10H2. The molecule has 1 saturated heterocycles. The number of benzene rings is 1. The van der Waals surface area contributed by atoms with Gasteiger partial charge >= 0.3 is 6.03 Å². The van der Waals surface area contributed by atoms with Crippen molar-refractivity contribution in [2.24, 2.45) is 0 Å². The zero-order valence-corrected chi connectivity index (χ0v) is 11.4. The van der Waals surface area contributed by atoms with E-state index in [1.54, 1.807) is 9.80 Å². The Bertz CT molecular complexity index is 578. The van der Waals surface area contributed by atoms with E-state index in [1.807, 2.05) is 24.3 Å². The van der Waals surface area contributed by atoms with E-state index in [2.05, 4.69) is 0 Å². The predicted molar refractivity (Wildman–Crippen MR) is 75.5 cm³/mol. The Labute approximate surface area is 118 Å². The van der Waals surface area contributed by atoms with Gasteiger partial charge in [0.05, 0.1) is 0 Å². The van der Waals surface area contributed by atoms with Gasteiger partial charge in [-0.15, -0.1) is 0 Å². The van der Waals surface area contributed by atoms with Crippen LogP contribution in [-0.4, -0.2) is 28.9 Å². The number of hydrogen-bond acceptors (Lipinski definition) is 2. The first kappa shape index (κ1) is 11.9. The number of carbonyl (C=O) groups excluding carboxylic acids is 2. The summed E-state index contributed by atoms with van der Waals surface area (Å²) in [6.45, 7) is 0. The minimum atomic E-state index is -0.290. The summed E-state index contributed by atoms with van der Waals surface area (Å²) in [5.41, 5.74) is 2.04. The largest absolute Gasteiger partial charge is 0.332 e. The Balaban J connectivity index is 1.68. The van der Waals surface area contributed by atoms with E-state index in [1.165, 1.54) is 6.42 Å². The minimum absolute atomic E-state index is 0.0121. The number of amides is 3. The van der Waals surface area contributed by atoms with Gasteiger partial charge in [0.25, 0.3) is 5.91 Å². The second-order valence-corrected chi connectivity index (χ2v) is 6.00. The number of para-hydroxylation sites is 1. The van der Waals surface area contributed by atoms with Crippen LogP contribution < -0.4 is 4.90 Å². The number of hydrogen-bond donors (Lipinski definition) is 0. The summed E-state index contributed by atoms with van der Waals surface area (Å²) in [4.78, 5) is 28.6. The third-order valence-corrected chi connectivity index (χ3v) is 4.85. The van der Waals surface area contributed by atoms with E-state index in [0.717, 1.165) is 36.9 Å². The molecule has 3 amide bonds. The zero-order valence-electron chi connectivity index (χ0n) is 11.4. The van der Waals surface area contributed by atoms with Gasteiger partial charge in [0.2, 0.25) is 0 Å². The van der Waals surface area contributed by atoms with E-state index in [9.17, 15) is 9.59 Å². The first-order chi connectivity index (χ1) is 9.77. The van der Waals surface area contributed by atoms with E-state index in [4.69, 9.17) is 0 Å². The van der Waals surface area contributed by atoms with Crippen LogP contribution in [0.25, 0.3) is 0 Å². The molecule has 1 aromatic carbocycles.